The van der Waals surface area contributed by atoms with Crippen LogP contribution in [0.3, 0.4) is 0 Å². The lowest BCUT2D eigenvalue weighted by Crippen LogP contribution is -2.47. The number of nitrogens with one attached hydrogen (secondary N) is 1. The molecule has 462 valence electrons. The molecule has 2 aromatic carbocycles. The van der Waals surface area contributed by atoms with E-state index in [0.717, 1.165) is 93.1 Å². The fourth-order valence-electron chi connectivity index (χ4n) is 11.4. The average Bonchev–Trinajstić information content (AvgIpc) is 3.08. The summed E-state index contributed by atoms with van der Waals surface area (Å²) in [5, 5.41) is 25.1. The number of methoxy groups -OCH3 is 2. The molecule has 3 N–H and O–H groups in total. The molecular weight excluding hydrogens is 1160 g/mol. The summed E-state index contributed by atoms with van der Waals surface area (Å²) in [6, 6.07) is 19.6. The van der Waals surface area contributed by atoms with Gasteiger partial charge in [0.1, 0.15) is 27.6 Å². The molecule has 0 spiro atoms. The molecule has 4 aromatic rings. The van der Waals surface area contributed by atoms with Crippen LogP contribution in [0.2, 0.25) is 10.3 Å². The van der Waals surface area contributed by atoms with E-state index in [-0.39, 0.29) is 28.4 Å². The summed E-state index contributed by atoms with van der Waals surface area (Å²) in [5.74, 6) is 3.96. The standard InChI is InChI=1S/C29H39ClN4O4.C21H32N2O3.C9H8ClF3N2O4S/c1-29(37,22-7-6-8-23(17-22)38-5)28(36)33(4)18-19-15-21(16-19)20-11-13-34(14-12-20)25-10-9-24(26(30)31-25)27(35)32(2)3;1-21(25,18-5-4-6-19(13-18)26-3)20(24)23(2)14-15-11-17(12-15)16-7-9-22-10-8-16;1-15(2)8(16)5-3-4-6(14-7(5)10)19-20(17,18)9(11,12)13/h6-10,17,19-21,37H,11-16,18H2,1-5H3;4-6,13,15-17,22,25H,7-12,14H2,1-3H3;3-4H,1-2H3/t19?,21?,29-;15?,17?,21-;/m11./s1. The molecule has 4 aliphatic rings. The lowest BCUT2D eigenvalue weighted by Gasteiger charge is -2.45. The maximum atomic E-state index is 13.1. The number of likely N-dealkylation sites (N-methyl/N-ethyl adjacent to an activating group) is 2. The number of alkyl halides is 3. The molecule has 2 saturated heterocycles. The number of aliphatic hydroxyl groups is 2. The van der Waals surface area contributed by atoms with Gasteiger partial charge in [0.15, 0.2) is 11.2 Å². The fraction of sp³-hybridized carbons (Fsp3) is 0.559. The molecular formula is C59H79Cl2F3N8O11S. The van der Waals surface area contributed by atoms with Crippen LogP contribution >= 0.6 is 23.2 Å². The minimum Gasteiger partial charge on any atom is -0.497 e. The van der Waals surface area contributed by atoms with Crippen molar-refractivity contribution >= 4 is 62.8 Å². The predicted molar refractivity (Wildman–Crippen MR) is 313 cm³/mol. The van der Waals surface area contributed by atoms with Gasteiger partial charge in [-0.25, -0.2) is 4.98 Å². The summed E-state index contributed by atoms with van der Waals surface area (Å²) >= 11 is 11.9. The highest BCUT2D eigenvalue weighted by atomic mass is 35.5. The van der Waals surface area contributed by atoms with Crippen LogP contribution in [0.15, 0.2) is 72.8 Å². The molecule has 4 fully saturated rings. The van der Waals surface area contributed by atoms with E-state index >= 15 is 0 Å². The Morgan fingerprint density at radius 2 is 1.06 bits per heavy atom. The predicted octanol–water partition coefficient (Wildman–Crippen LogP) is 8.11. The van der Waals surface area contributed by atoms with Crippen molar-refractivity contribution in [2.45, 2.75) is 81.9 Å². The number of ether oxygens (including phenoxy) is 2. The Morgan fingerprint density at radius 1 is 0.643 bits per heavy atom. The molecule has 2 aliphatic carbocycles. The Labute approximate surface area is 500 Å². The van der Waals surface area contributed by atoms with E-state index in [0.29, 0.717) is 58.4 Å². The highest BCUT2D eigenvalue weighted by Crippen LogP contribution is 2.45. The van der Waals surface area contributed by atoms with Crippen LogP contribution < -0.4 is 23.9 Å². The summed E-state index contributed by atoms with van der Waals surface area (Å²) < 4.78 is 72.0. The molecule has 0 unspecified atom stereocenters. The minimum absolute atomic E-state index is 0.103. The summed E-state index contributed by atoms with van der Waals surface area (Å²) in [6.45, 7) is 8.61. The van der Waals surface area contributed by atoms with E-state index in [1.165, 1.54) is 44.7 Å². The maximum Gasteiger partial charge on any atom is 0.534 e. The Morgan fingerprint density at radius 3 is 1.45 bits per heavy atom. The zero-order chi connectivity index (χ0) is 62.1. The first-order chi connectivity index (χ1) is 39.4. The number of hydrogen-bond donors (Lipinski definition) is 3. The van der Waals surface area contributed by atoms with Gasteiger partial charge in [-0.3, -0.25) is 19.2 Å². The first kappa shape index (κ1) is 67.2. The van der Waals surface area contributed by atoms with Gasteiger partial charge in [0.25, 0.3) is 23.6 Å². The highest BCUT2D eigenvalue weighted by molar-refractivity contribution is 7.88. The number of anilines is 1. The molecule has 2 saturated carbocycles. The molecule has 2 atom stereocenters. The first-order valence-electron chi connectivity index (χ1n) is 27.9. The van der Waals surface area contributed by atoms with Gasteiger partial charge in [0.05, 0.1) is 25.3 Å². The lowest BCUT2D eigenvalue weighted by molar-refractivity contribution is -0.151. The number of amides is 4. The van der Waals surface area contributed by atoms with Gasteiger partial charge in [0, 0.05) is 74.5 Å². The van der Waals surface area contributed by atoms with Crippen LogP contribution in [0.5, 0.6) is 17.4 Å². The zero-order valence-corrected chi connectivity index (χ0v) is 51.6. The van der Waals surface area contributed by atoms with Gasteiger partial charge >= 0.3 is 15.6 Å². The third kappa shape index (κ3) is 16.7. The van der Waals surface area contributed by atoms with E-state index < -0.39 is 43.8 Å². The second-order valence-electron chi connectivity index (χ2n) is 23.0. The van der Waals surface area contributed by atoms with Gasteiger partial charge in [-0.05, 0) is 167 Å². The molecule has 19 nitrogen and oxygen atoms in total. The van der Waals surface area contributed by atoms with Gasteiger partial charge in [-0.15, -0.1) is 0 Å². The molecule has 4 heterocycles. The normalized spacial score (nSPS) is 20.5. The van der Waals surface area contributed by atoms with Crippen LogP contribution in [-0.2, 0) is 30.9 Å². The fourth-order valence-corrected chi connectivity index (χ4v) is 12.2. The van der Waals surface area contributed by atoms with Crippen LogP contribution in [0.25, 0.3) is 0 Å². The molecule has 2 aromatic heterocycles. The quantitative estimate of drug-likeness (QED) is 0.0516. The average molecular weight is 1240 g/mol. The Bertz CT molecular complexity index is 3040. The summed E-state index contributed by atoms with van der Waals surface area (Å²) in [6.07, 6.45) is 9.40. The van der Waals surface area contributed by atoms with Crippen molar-refractivity contribution < 1.29 is 64.6 Å². The van der Waals surface area contributed by atoms with Crippen molar-refractivity contribution in [1.82, 2.24) is 34.9 Å². The maximum absolute atomic E-state index is 13.1. The summed E-state index contributed by atoms with van der Waals surface area (Å²) in [4.78, 5) is 65.8. The molecule has 0 bridgehead atoms. The molecule has 0 radical (unpaired) electrons. The number of hydrogen-bond acceptors (Lipinski definition) is 15. The van der Waals surface area contributed by atoms with E-state index in [1.54, 1.807) is 115 Å². The van der Waals surface area contributed by atoms with Crippen molar-refractivity contribution in [2.75, 3.05) is 101 Å². The molecule has 4 amide bonds. The monoisotopic (exact) mass is 1230 g/mol. The molecule has 8 rings (SSSR count). The van der Waals surface area contributed by atoms with Crippen molar-refractivity contribution in [1.29, 1.82) is 0 Å². The van der Waals surface area contributed by atoms with Crippen LogP contribution in [0.4, 0.5) is 19.0 Å². The van der Waals surface area contributed by atoms with Crippen LogP contribution in [-0.4, -0.2) is 173 Å². The number of piperidine rings is 2. The van der Waals surface area contributed by atoms with E-state index in [9.17, 15) is 51.0 Å². The third-order valence-electron chi connectivity index (χ3n) is 16.4. The highest BCUT2D eigenvalue weighted by Gasteiger charge is 2.49. The van der Waals surface area contributed by atoms with Gasteiger partial charge in [-0.1, -0.05) is 47.5 Å². The number of benzene rings is 2. The zero-order valence-electron chi connectivity index (χ0n) is 49.3. The summed E-state index contributed by atoms with van der Waals surface area (Å²) in [7, 11) is 7.14. The number of carbonyl (C=O) groups is 4. The second-order valence-corrected chi connectivity index (χ2v) is 25.2. The van der Waals surface area contributed by atoms with Crippen LogP contribution in [0, 0.1) is 35.5 Å². The number of aromatic nitrogens is 2. The Balaban J connectivity index is 0.000000214. The third-order valence-corrected chi connectivity index (χ3v) is 17.9. The number of rotatable bonds is 17. The number of carbonyl (C=O) groups excluding carboxylic acids is 4. The number of pyridine rings is 2. The number of halogens is 5. The van der Waals surface area contributed by atoms with Crippen LogP contribution in [0.1, 0.15) is 97.1 Å². The lowest BCUT2D eigenvalue weighted by atomic mass is 9.66. The smallest absolute Gasteiger partial charge is 0.497 e. The minimum atomic E-state index is -5.83. The second kappa shape index (κ2) is 28.5. The van der Waals surface area contributed by atoms with Crippen molar-refractivity contribution in [2.24, 2.45) is 35.5 Å². The topological polar surface area (TPSA) is 225 Å². The van der Waals surface area contributed by atoms with Gasteiger partial charge < -0.3 is 53.7 Å². The largest absolute Gasteiger partial charge is 0.534 e. The van der Waals surface area contributed by atoms with E-state index in [2.05, 4.69) is 24.4 Å². The molecule has 84 heavy (non-hydrogen) atoms. The first-order valence-corrected chi connectivity index (χ1v) is 30.0. The van der Waals surface area contributed by atoms with Crippen molar-refractivity contribution in [3.8, 4) is 17.4 Å². The molecule has 25 heteroatoms. The van der Waals surface area contributed by atoms with E-state index in [1.807, 2.05) is 12.1 Å². The van der Waals surface area contributed by atoms with Crippen molar-refractivity contribution in [3.63, 3.8) is 0 Å². The van der Waals surface area contributed by atoms with Gasteiger partial charge in [-0.2, -0.15) is 26.6 Å². The molecule has 2 aliphatic heterocycles. The number of nitrogens with zero attached hydrogens (tertiary/aromatic N) is 7. The Kier molecular flexibility index (Phi) is 22.8. The Hall–Kier alpha value is -5.98. The SMILES string of the molecule is CN(C)C(=O)c1ccc(OS(=O)(=O)C(F)(F)F)nc1Cl.COc1cccc([C@@](C)(O)C(=O)N(C)CC2CC(C3CCN(c4ccc(C(=O)N(C)C)c(Cl)n4)CC3)C2)c1.COc1cccc([C@@](C)(O)C(=O)N(C)CC2CC(C3CCNCC3)C2)c1. The van der Waals surface area contributed by atoms with Gasteiger partial charge in [0.2, 0.25) is 5.88 Å². The van der Waals surface area contributed by atoms with E-state index in [4.69, 9.17) is 32.7 Å². The van der Waals surface area contributed by atoms with Crippen molar-refractivity contribution in [3.05, 3.63) is 105 Å². The summed E-state index contributed by atoms with van der Waals surface area (Å²) in [5.41, 5.74) is -7.32.